The van der Waals surface area contributed by atoms with E-state index in [1.165, 1.54) is 27.2 Å². The number of nitrogens with zero attached hydrogens (tertiary/aromatic N) is 2. The number of hydrogen-bond donors (Lipinski definition) is 2. The second-order valence-corrected chi connectivity index (χ2v) is 10.1. The van der Waals surface area contributed by atoms with Gasteiger partial charge in [0.25, 0.3) is 0 Å². The molecule has 0 spiro atoms. The van der Waals surface area contributed by atoms with Crippen molar-refractivity contribution in [1.29, 1.82) is 0 Å². The lowest BCUT2D eigenvalue weighted by molar-refractivity contribution is -0.330. The van der Waals surface area contributed by atoms with Crippen LogP contribution in [0.25, 0.3) is 21.8 Å². The van der Waals surface area contributed by atoms with E-state index in [4.69, 9.17) is 9.82 Å². The Balaban J connectivity index is 1.87. The van der Waals surface area contributed by atoms with Crippen LogP contribution < -0.4 is 5.48 Å². The Bertz CT molecular complexity index is 1050. The Kier molecular flexibility index (Phi) is 6.42. The molecular formula is C20H22N3O3S3+. The van der Waals surface area contributed by atoms with Crippen molar-refractivity contribution in [3.8, 4) is 27.6 Å². The number of aromatic nitrogens is 1. The number of carbonyl (C=O) groups is 1. The number of hydroxylamine groups is 1. The molecule has 3 aromatic rings. The maximum Gasteiger partial charge on any atom is 0.526 e. The predicted octanol–water partition coefficient (Wildman–Crippen LogP) is 5.75. The molecule has 29 heavy (non-hydrogen) atoms. The van der Waals surface area contributed by atoms with Crippen LogP contribution in [-0.4, -0.2) is 39.3 Å². The van der Waals surface area contributed by atoms with Gasteiger partial charge in [-0.15, -0.1) is 23.1 Å². The number of para-hydroxylation sites is 1. The van der Waals surface area contributed by atoms with Crippen molar-refractivity contribution < 1.29 is 19.3 Å². The molecule has 2 heterocycles. The van der Waals surface area contributed by atoms with Gasteiger partial charge in [-0.2, -0.15) is 14.2 Å². The molecule has 2 amide bonds. The van der Waals surface area contributed by atoms with Gasteiger partial charge in [0, 0.05) is 22.6 Å². The number of rotatable bonds is 5. The van der Waals surface area contributed by atoms with Gasteiger partial charge in [-0.25, -0.2) is 4.98 Å². The zero-order chi connectivity index (χ0) is 21.2. The molecule has 0 fully saturated rings. The molecule has 0 radical (unpaired) electrons. The Labute approximate surface area is 181 Å². The summed E-state index contributed by atoms with van der Waals surface area (Å²) in [5.41, 5.74) is 4.26. The topological polar surface area (TPSA) is 74.5 Å². The molecule has 0 aliphatic carbocycles. The maximum atomic E-state index is 12.3. The molecular weight excluding hydrogens is 426 g/mol. The van der Waals surface area contributed by atoms with E-state index in [1.807, 2.05) is 50.6 Å². The monoisotopic (exact) mass is 448 g/mol. The summed E-state index contributed by atoms with van der Waals surface area (Å²) in [6.07, 6.45) is 1.98. The number of hydrogen-bond acceptors (Lipinski definition) is 7. The van der Waals surface area contributed by atoms with Gasteiger partial charge >= 0.3 is 6.03 Å². The first-order valence-electron chi connectivity index (χ1n) is 8.70. The van der Waals surface area contributed by atoms with Crippen LogP contribution in [0.15, 0.2) is 39.9 Å². The van der Waals surface area contributed by atoms with E-state index in [1.54, 1.807) is 23.9 Å². The highest BCUT2D eigenvalue weighted by Crippen LogP contribution is 2.43. The van der Waals surface area contributed by atoms with Gasteiger partial charge in [-0.3, -0.25) is 0 Å². The van der Waals surface area contributed by atoms with E-state index in [2.05, 4.69) is 12.2 Å². The van der Waals surface area contributed by atoms with Crippen molar-refractivity contribution in [3.05, 3.63) is 35.7 Å². The fraction of sp³-hybridized carbons (Fsp3) is 0.250. The highest BCUT2D eigenvalue weighted by atomic mass is 32.2. The smallest absolute Gasteiger partial charge is 0.507 e. The molecule has 3 rings (SSSR count). The van der Waals surface area contributed by atoms with Crippen molar-refractivity contribution in [1.82, 2.24) is 10.5 Å². The van der Waals surface area contributed by atoms with Gasteiger partial charge in [0.15, 0.2) is 5.00 Å². The number of thioether (sulfide) groups is 1. The summed E-state index contributed by atoms with van der Waals surface area (Å²) in [6.45, 7) is 9.39. The number of benzene rings is 1. The fourth-order valence-electron chi connectivity index (χ4n) is 2.36. The minimum Gasteiger partial charge on any atom is -0.507 e. The highest BCUT2D eigenvalue weighted by molar-refractivity contribution is 8.00. The number of aromatic hydroxyl groups is 1. The molecule has 0 saturated heterocycles. The van der Waals surface area contributed by atoms with Gasteiger partial charge < -0.3 is 5.11 Å². The van der Waals surface area contributed by atoms with E-state index in [0.717, 1.165) is 14.8 Å². The van der Waals surface area contributed by atoms with Gasteiger partial charge in [0.1, 0.15) is 16.4 Å². The zero-order valence-electron chi connectivity index (χ0n) is 16.6. The number of phenolic OH excluding ortho intramolecular Hbond substituents is 1. The van der Waals surface area contributed by atoms with E-state index in [-0.39, 0.29) is 5.75 Å². The van der Waals surface area contributed by atoms with Crippen molar-refractivity contribution in [3.63, 3.8) is 0 Å². The quantitative estimate of drug-likeness (QED) is 0.225. The Morgan fingerprint density at radius 2 is 2.03 bits per heavy atom. The van der Waals surface area contributed by atoms with Crippen molar-refractivity contribution in [2.75, 3.05) is 6.26 Å². The van der Waals surface area contributed by atoms with Crippen LogP contribution in [0.2, 0.25) is 0 Å². The van der Waals surface area contributed by atoms with E-state index in [9.17, 15) is 9.90 Å². The van der Waals surface area contributed by atoms with Crippen LogP contribution in [0.4, 0.5) is 9.80 Å². The Hall–Kier alpha value is -2.20. The molecule has 0 saturated carbocycles. The molecule has 1 aromatic carbocycles. The molecule has 6 nitrogen and oxygen atoms in total. The average molecular weight is 449 g/mol. The van der Waals surface area contributed by atoms with Gasteiger partial charge in [-0.05, 0) is 39.2 Å². The summed E-state index contributed by atoms with van der Waals surface area (Å²) >= 11 is 4.53. The fourth-order valence-corrected chi connectivity index (χ4v) is 5.12. The zero-order valence-corrected chi connectivity index (χ0v) is 19.0. The van der Waals surface area contributed by atoms with Crippen molar-refractivity contribution in [2.24, 2.45) is 0 Å². The first-order valence-corrected chi connectivity index (χ1v) is 11.6. The molecule has 0 bridgehead atoms. The number of nitrogens with one attached hydrogen (secondary N) is 1. The van der Waals surface area contributed by atoms with E-state index >= 15 is 0 Å². The van der Waals surface area contributed by atoms with Crippen LogP contribution in [0.3, 0.4) is 0 Å². The molecule has 152 valence electrons. The third-order valence-electron chi connectivity index (χ3n) is 3.74. The van der Waals surface area contributed by atoms with Gasteiger partial charge in [0.2, 0.25) is 0 Å². The molecule has 2 N–H and O–H groups in total. The molecule has 2 aromatic heterocycles. The number of urea groups is 1. The molecule has 0 unspecified atom stereocenters. The van der Waals surface area contributed by atoms with Crippen LogP contribution >= 0.6 is 34.4 Å². The standard InChI is InChI=1S/C20H21N3O3S3/c1-20(2,3)26-22-19(25)23(4)16-10-13(18(27-5)29-16)17-21-14(11-28-17)12-8-6-7-9-15(12)24/h6-11H,4H2,1-3,5H3,(H-,22,24,25)/p+1. The molecule has 9 heteroatoms. The number of thiazole rings is 1. The first-order chi connectivity index (χ1) is 13.7. The maximum absolute atomic E-state index is 12.3. The molecule has 0 atom stereocenters. The lowest BCUT2D eigenvalue weighted by Crippen LogP contribution is -2.36. The van der Waals surface area contributed by atoms with Gasteiger partial charge in [0.05, 0.1) is 16.6 Å². The number of carbonyl (C=O) groups excluding carboxylic acids is 1. The van der Waals surface area contributed by atoms with Crippen LogP contribution in [0.1, 0.15) is 20.8 Å². The molecule has 0 aliphatic rings. The Morgan fingerprint density at radius 1 is 1.31 bits per heavy atom. The lowest BCUT2D eigenvalue weighted by atomic mass is 10.1. The summed E-state index contributed by atoms with van der Waals surface area (Å²) in [5.74, 6) is 0.194. The number of thiophene rings is 1. The summed E-state index contributed by atoms with van der Waals surface area (Å²) in [7, 11) is 0. The normalized spacial score (nSPS) is 11.4. The first kappa shape index (κ1) is 21.5. The molecule has 0 aliphatic heterocycles. The minimum absolute atomic E-state index is 0.194. The number of phenols is 1. The van der Waals surface area contributed by atoms with Crippen LogP contribution in [0.5, 0.6) is 5.75 Å². The predicted molar refractivity (Wildman–Crippen MR) is 121 cm³/mol. The second kappa shape index (κ2) is 8.66. The number of amides is 2. The Morgan fingerprint density at radius 3 is 2.69 bits per heavy atom. The van der Waals surface area contributed by atoms with E-state index < -0.39 is 11.6 Å². The SMILES string of the molecule is C=[N+](C(=O)NOC(C)(C)C)c1cc(-c2nc(-c3ccccc3O)cs2)c(SC)s1. The van der Waals surface area contributed by atoms with Crippen molar-refractivity contribution in [2.45, 2.75) is 30.6 Å². The second-order valence-electron chi connectivity index (χ2n) is 7.09. The highest BCUT2D eigenvalue weighted by Gasteiger charge is 2.25. The van der Waals surface area contributed by atoms with E-state index in [0.29, 0.717) is 16.3 Å². The minimum atomic E-state index is -0.498. The lowest BCUT2D eigenvalue weighted by Gasteiger charge is -2.13. The van der Waals surface area contributed by atoms with Crippen LogP contribution in [-0.2, 0) is 4.84 Å². The van der Waals surface area contributed by atoms with Crippen LogP contribution in [0, 0.1) is 0 Å². The summed E-state index contributed by atoms with van der Waals surface area (Å²) < 4.78 is 2.30. The van der Waals surface area contributed by atoms with Gasteiger partial charge in [-0.1, -0.05) is 28.9 Å². The third kappa shape index (κ3) is 5.05. The average Bonchev–Trinajstić information content (AvgIpc) is 3.32. The third-order valence-corrected chi connectivity index (χ3v) is 6.91. The van der Waals surface area contributed by atoms with Crippen molar-refractivity contribution >= 4 is 52.2 Å². The summed E-state index contributed by atoms with van der Waals surface area (Å²) in [4.78, 5) is 22.4. The largest absolute Gasteiger partial charge is 0.526 e. The summed E-state index contributed by atoms with van der Waals surface area (Å²) in [6, 6.07) is 8.56. The summed E-state index contributed by atoms with van der Waals surface area (Å²) in [5, 5.41) is 13.5.